The van der Waals surface area contributed by atoms with E-state index in [1.807, 2.05) is 32.0 Å². The summed E-state index contributed by atoms with van der Waals surface area (Å²) < 4.78 is 7.45. The average Bonchev–Trinajstić information content (AvgIpc) is 3.06. The van der Waals surface area contributed by atoms with Gasteiger partial charge in [0.15, 0.2) is 11.8 Å². The molecule has 4 aromatic rings. The zero-order valence-electron chi connectivity index (χ0n) is 19.2. The van der Waals surface area contributed by atoms with E-state index in [1.54, 1.807) is 25.1 Å². The SMILES string of the molecule is CCCCC(Oc1ccc(C)cc1C)C(=O)Nc1ccc2c(=O)n3[nH]c(C)c(Cl)c3nc2c1. The lowest BCUT2D eigenvalue weighted by Crippen LogP contribution is -2.33. The molecule has 0 radical (unpaired) electrons. The number of rotatable bonds is 7. The lowest BCUT2D eigenvalue weighted by Gasteiger charge is -2.20. The molecule has 2 aromatic heterocycles. The van der Waals surface area contributed by atoms with Crippen LogP contribution in [-0.2, 0) is 4.79 Å². The third-order valence-electron chi connectivity index (χ3n) is 5.65. The zero-order valence-corrected chi connectivity index (χ0v) is 19.9. The number of aryl methyl sites for hydroxylation is 3. The van der Waals surface area contributed by atoms with Crippen LogP contribution in [0.1, 0.15) is 43.0 Å². The summed E-state index contributed by atoms with van der Waals surface area (Å²) in [5.74, 6) is 0.459. The van der Waals surface area contributed by atoms with Crippen LogP contribution in [0.3, 0.4) is 0 Å². The van der Waals surface area contributed by atoms with Crippen LogP contribution in [0, 0.1) is 20.8 Å². The summed E-state index contributed by atoms with van der Waals surface area (Å²) in [4.78, 5) is 30.4. The first-order valence-electron chi connectivity index (χ1n) is 11.0. The van der Waals surface area contributed by atoms with Crippen LogP contribution in [-0.4, -0.2) is 26.6 Å². The van der Waals surface area contributed by atoms with E-state index >= 15 is 0 Å². The lowest BCUT2D eigenvalue weighted by atomic mass is 10.1. The first-order chi connectivity index (χ1) is 15.8. The van der Waals surface area contributed by atoms with Crippen molar-refractivity contribution in [2.75, 3.05) is 5.32 Å². The summed E-state index contributed by atoms with van der Waals surface area (Å²) in [7, 11) is 0. The van der Waals surface area contributed by atoms with Crippen LogP contribution in [0.5, 0.6) is 5.75 Å². The highest BCUT2D eigenvalue weighted by atomic mass is 35.5. The highest BCUT2D eigenvalue weighted by Crippen LogP contribution is 2.24. The third-order valence-corrected chi connectivity index (χ3v) is 6.11. The largest absolute Gasteiger partial charge is 0.480 e. The Morgan fingerprint density at radius 2 is 2.00 bits per heavy atom. The number of anilines is 1. The maximum Gasteiger partial charge on any atom is 0.280 e. The second kappa shape index (κ2) is 9.27. The van der Waals surface area contributed by atoms with Crippen molar-refractivity contribution < 1.29 is 9.53 Å². The van der Waals surface area contributed by atoms with Crippen molar-refractivity contribution in [1.29, 1.82) is 0 Å². The third kappa shape index (κ3) is 4.59. The molecule has 0 saturated carbocycles. The smallest absolute Gasteiger partial charge is 0.280 e. The Morgan fingerprint density at radius 3 is 2.73 bits per heavy atom. The van der Waals surface area contributed by atoms with Crippen LogP contribution < -0.4 is 15.6 Å². The van der Waals surface area contributed by atoms with Gasteiger partial charge in [0.25, 0.3) is 11.5 Å². The van der Waals surface area contributed by atoms with Gasteiger partial charge < -0.3 is 10.1 Å². The van der Waals surface area contributed by atoms with Crippen molar-refractivity contribution in [1.82, 2.24) is 14.6 Å². The first kappa shape index (κ1) is 22.9. The molecule has 1 unspecified atom stereocenters. The van der Waals surface area contributed by atoms with E-state index < -0.39 is 6.10 Å². The molecule has 33 heavy (non-hydrogen) atoms. The number of aromatic amines is 1. The van der Waals surface area contributed by atoms with Gasteiger partial charge >= 0.3 is 0 Å². The fourth-order valence-electron chi connectivity index (χ4n) is 3.84. The molecule has 0 fully saturated rings. The Bertz CT molecular complexity index is 1410. The second-order valence-corrected chi connectivity index (χ2v) is 8.74. The Balaban J connectivity index is 1.62. The quantitative estimate of drug-likeness (QED) is 0.385. The number of carbonyl (C=O) groups excluding carboxylic acids is 1. The van der Waals surface area contributed by atoms with Crippen LogP contribution in [0.4, 0.5) is 5.69 Å². The minimum atomic E-state index is -0.634. The predicted octanol–water partition coefficient (Wildman–Crippen LogP) is 5.33. The number of aromatic nitrogens is 3. The summed E-state index contributed by atoms with van der Waals surface area (Å²) in [6.45, 7) is 7.85. The van der Waals surface area contributed by atoms with Crippen LogP contribution in [0.2, 0.25) is 5.02 Å². The van der Waals surface area contributed by atoms with Gasteiger partial charge in [-0.3, -0.25) is 14.7 Å². The fourth-order valence-corrected chi connectivity index (χ4v) is 4.01. The van der Waals surface area contributed by atoms with Gasteiger partial charge in [-0.15, -0.1) is 0 Å². The maximum atomic E-state index is 13.1. The standard InChI is InChI=1S/C25H27ClN4O3/c1-5-6-7-21(33-20-11-8-14(2)12-15(20)3)24(31)27-17-9-10-18-19(13-17)28-23-22(26)16(4)29-30(23)25(18)32/h8-13,21,29H,5-7H2,1-4H3,(H,27,31). The minimum absolute atomic E-state index is 0.240. The van der Waals surface area contributed by atoms with E-state index in [4.69, 9.17) is 16.3 Å². The number of fused-ring (bicyclic) bond motifs is 2. The lowest BCUT2D eigenvalue weighted by molar-refractivity contribution is -0.123. The molecule has 0 bridgehead atoms. The monoisotopic (exact) mass is 466 g/mol. The van der Waals surface area contributed by atoms with Gasteiger partial charge in [0.1, 0.15) is 10.8 Å². The molecule has 7 nitrogen and oxygen atoms in total. The van der Waals surface area contributed by atoms with Gasteiger partial charge in [-0.1, -0.05) is 42.6 Å². The fraction of sp³-hybridized carbons (Fsp3) is 0.320. The molecule has 8 heteroatoms. The van der Waals surface area contributed by atoms with Gasteiger partial charge in [-0.25, -0.2) is 4.98 Å². The van der Waals surface area contributed by atoms with Crippen molar-refractivity contribution >= 4 is 39.7 Å². The Labute approximate surface area is 196 Å². The number of amides is 1. The number of benzene rings is 2. The van der Waals surface area contributed by atoms with E-state index in [1.165, 1.54) is 4.52 Å². The Hall–Kier alpha value is -3.32. The molecule has 4 rings (SSSR count). The van der Waals surface area contributed by atoms with Gasteiger partial charge in [0.2, 0.25) is 0 Å². The molecule has 0 aliphatic rings. The molecule has 0 aliphatic carbocycles. The Morgan fingerprint density at radius 1 is 1.21 bits per heavy atom. The molecule has 1 atom stereocenters. The van der Waals surface area contributed by atoms with Crippen molar-refractivity contribution in [2.24, 2.45) is 0 Å². The molecule has 1 amide bonds. The maximum absolute atomic E-state index is 13.1. The van der Waals surface area contributed by atoms with Gasteiger partial charge in [0.05, 0.1) is 16.6 Å². The summed E-state index contributed by atoms with van der Waals surface area (Å²) in [5, 5.41) is 6.67. The average molecular weight is 467 g/mol. The highest BCUT2D eigenvalue weighted by Gasteiger charge is 2.21. The molecule has 0 aliphatic heterocycles. The molecule has 2 heterocycles. The van der Waals surface area contributed by atoms with Gasteiger partial charge in [0, 0.05) is 5.69 Å². The number of hydrogen-bond donors (Lipinski definition) is 2. The number of nitrogens with zero attached hydrogens (tertiary/aromatic N) is 2. The molecule has 0 saturated heterocycles. The Kier molecular flexibility index (Phi) is 6.42. The number of unbranched alkanes of at least 4 members (excludes halogenated alkanes) is 1. The van der Waals surface area contributed by atoms with Crippen LogP contribution >= 0.6 is 11.6 Å². The van der Waals surface area contributed by atoms with Crippen molar-refractivity contribution in [3.8, 4) is 5.75 Å². The topological polar surface area (TPSA) is 88.5 Å². The molecular weight excluding hydrogens is 440 g/mol. The second-order valence-electron chi connectivity index (χ2n) is 8.37. The predicted molar refractivity (Wildman–Crippen MR) is 132 cm³/mol. The first-order valence-corrected chi connectivity index (χ1v) is 11.4. The van der Waals surface area contributed by atoms with E-state index in [-0.39, 0.29) is 11.5 Å². The molecular formula is C25H27ClN4O3. The normalized spacial score (nSPS) is 12.3. The number of hydrogen-bond acceptors (Lipinski definition) is 4. The summed E-state index contributed by atoms with van der Waals surface area (Å²) >= 11 is 6.29. The molecule has 2 N–H and O–H groups in total. The number of carbonyl (C=O) groups is 1. The summed E-state index contributed by atoms with van der Waals surface area (Å²) in [5.41, 5.74) is 3.89. The van der Waals surface area contributed by atoms with Crippen molar-refractivity contribution in [3.63, 3.8) is 0 Å². The van der Waals surface area contributed by atoms with E-state index in [2.05, 4.69) is 22.3 Å². The van der Waals surface area contributed by atoms with E-state index in [0.717, 1.165) is 24.0 Å². The van der Waals surface area contributed by atoms with Gasteiger partial charge in [-0.05, 0) is 63.4 Å². The van der Waals surface area contributed by atoms with Crippen molar-refractivity contribution in [3.05, 3.63) is 68.6 Å². The summed E-state index contributed by atoms with van der Waals surface area (Å²) in [6.07, 6.45) is 1.78. The number of halogens is 1. The number of nitrogens with one attached hydrogen (secondary N) is 2. The van der Waals surface area contributed by atoms with Crippen LogP contribution in [0.25, 0.3) is 16.6 Å². The zero-order chi connectivity index (χ0) is 23.7. The molecule has 0 spiro atoms. The van der Waals surface area contributed by atoms with E-state index in [0.29, 0.717) is 45.1 Å². The minimum Gasteiger partial charge on any atom is -0.480 e. The molecule has 172 valence electrons. The van der Waals surface area contributed by atoms with Crippen molar-refractivity contribution in [2.45, 2.75) is 53.1 Å². The number of ether oxygens (including phenoxy) is 1. The molecule has 2 aromatic carbocycles. The van der Waals surface area contributed by atoms with Gasteiger partial charge in [-0.2, -0.15) is 4.52 Å². The van der Waals surface area contributed by atoms with E-state index in [9.17, 15) is 9.59 Å². The van der Waals surface area contributed by atoms with Crippen LogP contribution in [0.15, 0.2) is 41.2 Å². The highest BCUT2D eigenvalue weighted by molar-refractivity contribution is 6.34. The summed E-state index contributed by atoms with van der Waals surface area (Å²) in [6, 6.07) is 10.9. The number of H-pyrrole nitrogens is 1.